The molecule has 1 unspecified atom stereocenters. The number of methoxy groups -OCH3 is 1. The van der Waals surface area contributed by atoms with Gasteiger partial charge in [-0.25, -0.2) is 0 Å². The molecular weight excluding hydrogens is 386 g/mol. The number of nitrogens with one attached hydrogen (secondary N) is 1. The van der Waals surface area contributed by atoms with E-state index in [1.165, 1.54) is 11.8 Å². The number of thioether (sulfide) groups is 1. The van der Waals surface area contributed by atoms with Crippen LogP contribution in [0.25, 0.3) is 11.4 Å². The van der Waals surface area contributed by atoms with Crippen LogP contribution in [0.3, 0.4) is 0 Å². The summed E-state index contributed by atoms with van der Waals surface area (Å²) in [5.41, 5.74) is 0.129. The summed E-state index contributed by atoms with van der Waals surface area (Å²) in [7, 11) is 1.63. The molecule has 1 saturated carbocycles. The largest absolute Gasteiger partial charge is 0.496 e. The molecule has 2 aromatic rings. The van der Waals surface area contributed by atoms with Gasteiger partial charge in [-0.2, -0.15) is 5.26 Å². The number of hydrogen-bond donors (Lipinski definition) is 1. The molecule has 1 aliphatic rings. The third-order valence-corrected chi connectivity index (χ3v) is 6.40. The smallest absolute Gasteiger partial charge is 0.234 e. The highest BCUT2D eigenvalue weighted by atomic mass is 32.2. The van der Waals surface area contributed by atoms with Crippen molar-refractivity contribution in [2.75, 3.05) is 7.11 Å². The Morgan fingerprint density at radius 2 is 2.07 bits per heavy atom. The molecule has 0 bridgehead atoms. The van der Waals surface area contributed by atoms with E-state index in [1.54, 1.807) is 7.11 Å². The number of benzene rings is 1. The first-order chi connectivity index (χ1) is 14.0. The number of nitrogens with zero attached hydrogens (tertiary/aromatic N) is 4. The zero-order valence-corrected chi connectivity index (χ0v) is 18.0. The maximum Gasteiger partial charge on any atom is 0.234 e. The van der Waals surface area contributed by atoms with E-state index in [-0.39, 0.29) is 11.2 Å². The lowest BCUT2D eigenvalue weighted by Crippen LogP contribution is -2.51. The van der Waals surface area contributed by atoms with Crippen molar-refractivity contribution in [3.8, 4) is 23.2 Å². The topological polar surface area (TPSA) is 92.8 Å². The van der Waals surface area contributed by atoms with E-state index in [4.69, 9.17) is 4.74 Å². The minimum Gasteiger partial charge on any atom is -0.496 e. The summed E-state index contributed by atoms with van der Waals surface area (Å²) in [6.45, 7) is 4.52. The van der Waals surface area contributed by atoms with Crippen molar-refractivity contribution >= 4 is 17.7 Å². The number of nitriles is 1. The summed E-state index contributed by atoms with van der Waals surface area (Å²) >= 11 is 1.36. The summed E-state index contributed by atoms with van der Waals surface area (Å²) in [4.78, 5) is 12.8. The van der Waals surface area contributed by atoms with E-state index in [9.17, 15) is 10.1 Å². The molecule has 1 aromatic heterocycles. The standard InChI is InChI=1S/C21H27N5O2S/c1-4-26-18(16-10-6-7-11-17(16)28-3)24-25-20(26)29-15(2)19(27)23-21(14-22)12-8-5-9-13-21/h6-7,10-11,15H,4-5,8-9,12-13H2,1-3H3,(H,23,27). The van der Waals surface area contributed by atoms with Crippen LogP contribution in [-0.2, 0) is 11.3 Å². The van der Waals surface area contributed by atoms with Crippen LogP contribution in [0.15, 0.2) is 29.4 Å². The summed E-state index contributed by atoms with van der Waals surface area (Å²) in [5, 5.41) is 21.6. The van der Waals surface area contributed by atoms with Crippen LogP contribution in [0.4, 0.5) is 0 Å². The monoisotopic (exact) mass is 413 g/mol. The molecule has 1 atom stereocenters. The zero-order valence-electron chi connectivity index (χ0n) is 17.1. The molecule has 8 heteroatoms. The molecule has 154 valence electrons. The van der Waals surface area contributed by atoms with Crippen molar-refractivity contribution in [1.82, 2.24) is 20.1 Å². The van der Waals surface area contributed by atoms with Gasteiger partial charge in [0.2, 0.25) is 5.91 Å². The molecule has 0 radical (unpaired) electrons. The van der Waals surface area contributed by atoms with Crippen LogP contribution in [0, 0.1) is 11.3 Å². The molecule has 1 fully saturated rings. The molecule has 7 nitrogen and oxygen atoms in total. The van der Waals surface area contributed by atoms with Gasteiger partial charge >= 0.3 is 0 Å². The lowest BCUT2D eigenvalue weighted by molar-refractivity contribution is -0.121. The van der Waals surface area contributed by atoms with Gasteiger partial charge < -0.3 is 14.6 Å². The van der Waals surface area contributed by atoms with Crippen molar-refractivity contribution in [3.05, 3.63) is 24.3 Å². The Balaban J connectivity index is 1.77. The maximum atomic E-state index is 12.8. The normalized spacial score (nSPS) is 16.6. The Bertz CT molecular complexity index is 899. The van der Waals surface area contributed by atoms with Gasteiger partial charge in [0.05, 0.1) is 24.0 Å². The van der Waals surface area contributed by atoms with Crippen molar-refractivity contribution in [2.45, 2.75) is 68.4 Å². The Hall–Kier alpha value is -2.53. The van der Waals surface area contributed by atoms with Crippen molar-refractivity contribution in [1.29, 1.82) is 5.26 Å². The third-order valence-electron chi connectivity index (χ3n) is 5.32. The Morgan fingerprint density at radius 3 is 2.72 bits per heavy atom. The van der Waals surface area contributed by atoms with Gasteiger partial charge in [0, 0.05) is 6.54 Å². The number of carbonyl (C=O) groups excluding carboxylic acids is 1. The summed E-state index contributed by atoms with van der Waals surface area (Å²) in [5.74, 6) is 1.30. The average molecular weight is 414 g/mol. The highest BCUT2D eigenvalue weighted by molar-refractivity contribution is 8.00. The van der Waals surface area contributed by atoms with Crippen LogP contribution in [-0.4, -0.2) is 38.6 Å². The van der Waals surface area contributed by atoms with Gasteiger partial charge in [-0.15, -0.1) is 10.2 Å². The molecular formula is C21H27N5O2S. The van der Waals surface area contributed by atoms with Crippen molar-refractivity contribution < 1.29 is 9.53 Å². The van der Waals surface area contributed by atoms with Crippen molar-refractivity contribution in [3.63, 3.8) is 0 Å². The van der Waals surface area contributed by atoms with E-state index < -0.39 is 5.54 Å². The number of carbonyl (C=O) groups is 1. The SMILES string of the molecule is CCn1c(SC(C)C(=O)NC2(C#N)CCCCC2)nnc1-c1ccccc1OC. The van der Waals surface area contributed by atoms with Crippen molar-refractivity contribution in [2.24, 2.45) is 0 Å². The highest BCUT2D eigenvalue weighted by Gasteiger charge is 2.35. The third kappa shape index (κ3) is 4.56. The minimum absolute atomic E-state index is 0.136. The van der Waals surface area contributed by atoms with Gasteiger partial charge in [-0.1, -0.05) is 43.2 Å². The lowest BCUT2D eigenvalue weighted by atomic mass is 9.83. The van der Waals surface area contributed by atoms with Crippen LogP contribution < -0.4 is 10.1 Å². The maximum absolute atomic E-state index is 12.8. The van der Waals surface area contributed by atoms with E-state index >= 15 is 0 Å². The lowest BCUT2D eigenvalue weighted by Gasteiger charge is -2.32. The Morgan fingerprint density at radius 1 is 1.34 bits per heavy atom. The van der Waals surface area contributed by atoms with E-state index in [2.05, 4.69) is 21.6 Å². The number of para-hydroxylation sites is 1. The molecule has 1 N–H and O–H groups in total. The highest BCUT2D eigenvalue weighted by Crippen LogP contribution is 2.33. The fourth-order valence-electron chi connectivity index (χ4n) is 3.66. The van der Waals surface area contributed by atoms with Gasteiger partial charge in [0.15, 0.2) is 11.0 Å². The minimum atomic E-state index is -0.731. The first-order valence-electron chi connectivity index (χ1n) is 10.00. The van der Waals surface area contributed by atoms with Crippen LogP contribution >= 0.6 is 11.8 Å². The Kier molecular flexibility index (Phi) is 6.80. The van der Waals surface area contributed by atoms with E-state index in [0.717, 1.165) is 43.4 Å². The predicted molar refractivity (Wildman–Crippen MR) is 113 cm³/mol. The van der Waals surface area contributed by atoms with E-state index in [1.807, 2.05) is 42.7 Å². The number of ether oxygens (including phenoxy) is 1. The molecule has 29 heavy (non-hydrogen) atoms. The summed E-state index contributed by atoms with van der Waals surface area (Å²) in [6.07, 6.45) is 4.50. The molecule has 1 aliphatic carbocycles. The second-order valence-electron chi connectivity index (χ2n) is 7.25. The van der Waals surface area contributed by atoms with Crippen LogP contribution in [0.1, 0.15) is 46.0 Å². The number of hydrogen-bond acceptors (Lipinski definition) is 6. The van der Waals surface area contributed by atoms with Gasteiger partial charge in [0.25, 0.3) is 0 Å². The molecule has 0 spiro atoms. The first kappa shape index (κ1) is 21.2. The molecule has 1 amide bonds. The summed E-state index contributed by atoms with van der Waals surface area (Å²) < 4.78 is 7.43. The fraction of sp³-hybridized carbons (Fsp3) is 0.524. The Labute approximate surface area is 175 Å². The predicted octanol–water partition coefficient (Wildman–Crippen LogP) is 3.80. The molecule has 0 aliphatic heterocycles. The first-order valence-corrected chi connectivity index (χ1v) is 10.9. The van der Waals surface area contributed by atoms with E-state index in [0.29, 0.717) is 17.5 Å². The number of rotatable bonds is 7. The average Bonchev–Trinajstić information content (AvgIpc) is 3.16. The molecule has 1 aromatic carbocycles. The molecule has 0 saturated heterocycles. The van der Waals surface area contributed by atoms with Gasteiger partial charge in [-0.3, -0.25) is 4.79 Å². The molecule has 1 heterocycles. The zero-order chi connectivity index (χ0) is 20.9. The fourth-order valence-corrected chi connectivity index (χ4v) is 4.57. The quantitative estimate of drug-likeness (QED) is 0.694. The van der Waals surface area contributed by atoms with Gasteiger partial charge in [0.1, 0.15) is 11.3 Å². The number of amides is 1. The second-order valence-corrected chi connectivity index (χ2v) is 8.56. The second kappa shape index (κ2) is 9.31. The molecule has 3 rings (SSSR count). The summed E-state index contributed by atoms with van der Waals surface area (Å²) in [6, 6.07) is 10.0. The van der Waals surface area contributed by atoms with Crippen LogP contribution in [0.2, 0.25) is 0 Å². The van der Waals surface area contributed by atoms with Gasteiger partial charge in [-0.05, 0) is 38.8 Å². The van der Waals surface area contributed by atoms with Crippen LogP contribution in [0.5, 0.6) is 5.75 Å². The number of aromatic nitrogens is 3.